The second-order valence-corrected chi connectivity index (χ2v) is 6.09. The molecule has 2 aromatic carbocycles. The number of hydrogen-bond acceptors (Lipinski definition) is 4. The Bertz CT molecular complexity index is 892. The fourth-order valence-electron chi connectivity index (χ4n) is 2.49. The van der Waals surface area contributed by atoms with Crippen LogP contribution >= 0.6 is 11.6 Å². The number of aryl methyl sites for hydroxylation is 1. The largest absolute Gasteiger partial charge is 0.382 e. The standard InChI is InChI=1S/C18H18ClN5O/c1-12-7-8-14(19)11-15(12)24-17(20)16(22-23-24)18(25)21-10-9-13-5-3-2-4-6-13/h2-8,11H,9-10,20H2,1H3,(H,21,25). The number of hydrogen-bond donors (Lipinski definition) is 2. The molecule has 3 rings (SSSR count). The Morgan fingerprint density at radius 3 is 2.76 bits per heavy atom. The van der Waals surface area contributed by atoms with Crippen LogP contribution in [0.1, 0.15) is 21.6 Å². The first-order valence-corrected chi connectivity index (χ1v) is 8.24. The Balaban J connectivity index is 1.72. The fourth-order valence-corrected chi connectivity index (χ4v) is 2.65. The van der Waals surface area contributed by atoms with E-state index in [1.807, 2.05) is 43.3 Å². The van der Waals surface area contributed by atoms with Crippen LogP contribution in [0.2, 0.25) is 5.02 Å². The third-order valence-electron chi connectivity index (χ3n) is 3.86. The van der Waals surface area contributed by atoms with Gasteiger partial charge in [-0.3, -0.25) is 4.79 Å². The van der Waals surface area contributed by atoms with Gasteiger partial charge in [0.05, 0.1) is 5.69 Å². The molecular formula is C18H18ClN5O. The molecule has 0 aliphatic rings. The van der Waals surface area contributed by atoms with E-state index in [0.29, 0.717) is 17.3 Å². The number of aromatic nitrogens is 3. The number of amides is 1. The average Bonchev–Trinajstić information content (AvgIpc) is 2.99. The zero-order valence-electron chi connectivity index (χ0n) is 13.7. The van der Waals surface area contributed by atoms with E-state index in [0.717, 1.165) is 17.5 Å². The molecule has 0 spiro atoms. The molecule has 0 fully saturated rings. The Morgan fingerprint density at radius 2 is 2.00 bits per heavy atom. The summed E-state index contributed by atoms with van der Waals surface area (Å²) in [6.45, 7) is 2.40. The highest BCUT2D eigenvalue weighted by molar-refractivity contribution is 6.30. The van der Waals surface area contributed by atoms with Gasteiger partial charge in [0.2, 0.25) is 0 Å². The maximum absolute atomic E-state index is 12.3. The van der Waals surface area contributed by atoms with Crippen molar-refractivity contribution in [3.8, 4) is 5.69 Å². The van der Waals surface area contributed by atoms with Gasteiger partial charge in [-0.25, -0.2) is 0 Å². The molecule has 1 amide bonds. The van der Waals surface area contributed by atoms with E-state index in [1.165, 1.54) is 4.68 Å². The van der Waals surface area contributed by atoms with Crippen LogP contribution in [-0.2, 0) is 6.42 Å². The number of halogens is 1. The van der Waals surface area contributed by atoms with Crippen LogP contribution in [0.3, 0.4) is 0 Å². The minimum atomic E-state index is -0.348. The minimum Gasteiger partial charge on any atom is -0.382 e. The lowest BCUT2D eigenvalue weighted by Gasteiger charge is -2.08. The van der Waals surface area contributed by atoms with E-state index >= 15 is 0 Å². The third kappa shape index (κ3) is 3.80. The predicted molar refractivity (Wildman–Crippen MR) is 98.0 cm³/mol. The van der Waals surface area contributed by atoms with Crippen LogP contribution in [-0.4, -0.2) is 27.4 Å². The number of anilines is 1. The summed E-state index contributed by atoms with van der Waals surface area (Å²) in [5, 5.41) is 11.3. The highest BCUT2D eigenvalue weighted by atomic mass is 35.5. The van der Waals surface area contributed by atoms with E-state index in [4.69, 9.17) is 17.3 Å². The van der Waals surface area contributed by atoms with Gasteiger partial charge in [0.25, 0.3) is 5.91 Å². The predicted octanol–water partition coefficient (Wildman–Crippen LogP) is 2.78. The highest BCUT2D eigenvalue weighted by Crippen LogP contribution is 2.22. The lowest BCUT2D eigenvalue weighted by atomic mass is 10.1. The van der Waals surface area contributed by atoms with Gasteiger partial charge >= 0.3 is 0 Å². The summed E-state index contributed by atoms with van der Waals surface area (Å²) in [4.78, 5) is 12.3. The van der Waals surface area contributed by atoms with Crippen LogP contribution < -0.4 is 11.1 Å². The Hall–Kier alpha value is -2.86. The lowest BCUT2D eigenvalue weighted by molar-refractivity contribution is 0.0950. The van der Waals surface area contributed by atoms with Crippen LogP contribution in [0.4, 0.5) is 5.82 Å². The maximum Gasteiger partial charge on any atom is 0.275 e. The average molecular weight is 356 g/mol. The molecule has 1 heterocycles. The van der Waals surface area contributed by atoms with Gasteiger partial charge in [0, 0.05) is 11.6 Å². The molecule has 128 valence electrons. The summed E-state index contributed by atoms with van der Waals surface area (Å²) < 4.78 is 1.42. The molecule has 0 saturated carbocycles. The van der Waals surface area contributed by atoms with E-state index < -0.39 is 0 Å². The summed E-state index contributed by atoms with van der Waals surface area (Å²) in [5.41, 5.74) is 8.95. The number of rotatable bonds is 5. The summed E-state index contributed by atoms with van der Waals surface area (Å²) >= 11 is 6.03. The Morgan fingerprint density at radius 1 is 1.24 bits per heavy atom. The van der Waals surface area contributed by atoms with Gasteiger partial charge in [-0.2, -0.15) is 4.68 Å². The maximum atomic E-state index is 12.3. The molecule has 3 N–H and O–H groups in total. The summed E-state index contributed by atoms with van der Waals surface area (Å²) in [6.07, 6.45) is 0.730. The Kier molecular flexibility index (Phi) is 5.00. The molecule has 0 saturated heterocycles. The number of nitrogens with two attached hydrogens (primary N) is 1. The van der Waals surface area contributed by atoms with Crippen molar-refractivity contribution in [2.75, 3.05) is 12.3 Å². The second-order valence-electron chi connectivity index (χ2n) is 5.66. The number of benzene rings is 2. The second kappa shape index (κ2) is 7.36. The molecule has 0 atom stereocenters. The first-order chi connectivity index (χ1) is 12.1. The quantitative estimate of drug-likeness (QED) is 0.736. The van der Waals surface area contributed by atoms with Gasteiger partial charge in [0.1, 0.15) is 0 Å². The van der Waals surface area contributed by atoms with E-state index in [-0.39, 0.29) is 17.4 Å². The molecule has 0 radical (unpaired) electrons. The van der Waals surface area contributed by atoms with Crippen molar-refractivity contribution in [3.05, 3.63) is 70.4 Å². The molecular weight excluding hydrogens is 338 g/mol. The zero-order chi connectivity index (χ0) is 17.8. The number of nitrogens with zero attached hydrogens (tertiary/aromatic N) is 3. The molecule has 6 nitrogen and oxygen atoms in total. The monoisotopic (exact) mass is 355 g/mol. The van der Waals surface area contributed by atoms with Crippen molar-refractivity contribution in [1.29, 1.82) is 0 Å². The van der Waals surface area contributed by atoms with Gasteiger partial charge in [-0.1, -0.05) is 53.2 Å². The van der Waals surface area contributed by atoms with Crippen molar-refractivity contribution in [2.45, 2.75) is 13.3 Å². The topological polar surface area (TPSA) is 85.8 Å². The number of nitrogen functional groups attached to an aromatic ring is 1. The van der Waals surface area contributed by atoms with E-state index in [9.17, 15) is 4.79 Å². The molecule has 3 aromatic rings. The molecule has 0 aliphatic carbocycles. The Labute approximate surface area is 150 Å². The normalized spacial score (nSPS) is 10.6. The smallest absolute Gasteiger partial charge is 0.275 e. The minimum absolute atomic E-state index is 0.104. The number of nitrogens with one attached hydrogen (secondary N) is 1. The zero-order valence-corrected chi connectivity index (χ0v) is 14.5. The van der Waals surface area contributed by atoms with Crippen molar-refractivity contribution in [3.63, 3.8) is 0 Å². The molecule has 0 bridgehead atoms. The van der Waals surface area contributed by atoms with Crippen LogP contribution in [0.15, 0.2) is 48.5 Å². The molecule has 7 heteroatoms. The summed E-state index contributed by atoms with van der Waals surface area (Å²) in [7, 11) is 0. The van der Waals surface area contributed by atoms with Gasteiger partial charge in [0.15, 0.2) is 11.5 Å². The van der Waals surface area contributed by atoms with Gasteiger partial charge in [-0.15, -0.1) is 5.10 Å². The van der Waals surface area contributed by atoms with Crippen LogP contribution in [0, 0.1) is 6.92 Å². The van der Waals surface area contributed by atoms with Crippen molar-refractivity contribution in [1.82, 2.24) is 20.3 Å². The van der Waals surface area contributed by atoms with Crippen molar-refractivity contribution in [2.24, 2.45) is 0 Å². The number of carbonyl (C=O) groups is 1. The lowest BCUT2D eigenvalue weighted by Crippen LogP contribution is -2.27. The van der Waals surface area contributed by atoms with Crippen LogP contribution in [0.25, 0.3) is 5.69 Å². The van der Waals surface area contributed by atoms with Crippen LogP contribution in [0.5, 0.6) is 0 Å². The highest BCUT2D eigenvalue weighted by Gasteiger charge is 2.19. The third-order valence-corrected chi connectivity index (χ3v) is 4.10. The first-order valence-electron chi connectivity index (χ1n) is 7.86. The molecule has 25 heavy (non-hydrogen) atoms. The summed E-state index contributed by atoms with van der Waals surface area (Å²) in [6, 6.07) is 15.3. The molecule has 0 aliphatic heterocycles. The van der Waals surface area contributed by atoms with E-state index in [1.54, 1.807) is 12.1 Å². The first kappa shape index (κ1) is 17.0. The molecule has 0 unspecified atom stereocenters. The fraction of sp³-hybridized carbons (Fsp3) is 0.167. The SMILES string of the molecule is Cc1ccc(Cl)cc1-n1nnc(C(=O)NCCc2ccccc2)c1N. The summed E-state index contributed by atoms with van der Waals surface area (Å²) in [5.74, 6) is -0.165. The number of carbonyl (C=O) groups excluding carboxylic acids is 1. The van der Waals surface area contributed by atoms with Gasteiger partial charge in [-0.05, 0) is 36.6 Å². The van der Waals surface area contributed by atoms with E-state index in [2.05, 4.69) is 15.6 Å². The molecule has 1 aromatic heterocycles. The van der Waals surface area contributed by atoms with Crippen molar-refractivity contribution >= 4 is 23.3 Å². The van der Waals surface area contributed by atoms with Gasteiger partial charge < -0.3 is 11.1 Å². The van der Waals surface area contributed by atoms with Crippen molar-refractivity contribution < 1.29 is 4.79 Å².